The van der Waals surface area contributed by atoms with E-state index in [1.165, 1.54) is 12.1 Å². The topological polar surface area (TPSA) is 51.2 Å². The predicted molar refractivity (Wildman–Crippen MR) is 80.6 cm³/mol. The molecule has 0 aliphatic carbocycles. The van der Waals surface area contributed by atoms with Crippen LogP contribution in [-0.4, -0.2) is 23.7 Å². The SMILES string of the molecule is O=C(c1cccc(OC(F)(F)F)c1)C1CNc2ncc(Br)cc21. The number of hydrogen-bond donors (Lipinski definition) is 1. The number of halogens is 4. The minimum Gasteiger partial charge on any atom is -0.406 e. The molecular formula is C15H10BrF3N2O2. The number of anilines is 1. The van der Waals surface area contributed by atoms with Gasteiger partial charge in [0.1, 0.15) is 11.6 Å². The number of pyridine rings is 1. The highest BCUT2D eigenvalue weighted by molar-refractivity contribution is 9.10. The first-order valence-corrected chi connectivity index (χ1v) is 7.42. The molecule has 23 heavy (non-hydrogen) atoms. The second-order valence-corrected chi connectivity index (χ2v) is 5.88. The van der Waals surface area contributed by atoms with Crippen molar-refractivity contribution in [3.05, 3.63) is 52.1 Å². The van der Waals surface area contributed by atoms with Gasteiger partial charge in [-0.15, -0.1) is 13.2 Å². The van der Waals surface area contributed by atoms with Crippen molar-refractivity contribution in [2.45, 2.75) is 12.3 Å². The van der Waals surface area contributed by atoms with E-state index < -0.39 is 18.0 Å². The fourth-order valence-corrected chi connectivity index (χ4v) is 2.81. The van der Waals surface area contributed by atoms with Gasteiger partial charge >= 0.3 is 6.36 Å². The van der Waals surface area contributed by atoms with Crippen LogP contribution in [0.4, 0.5) is 19.0 Å². The third kappa shape index (κ3) is 3.47. The van der Waals surface area contributed by atoms with E-state index in [-0.39, 0.29) is 11.3 Å². The summed E-state index contributed by atoms with van der Waals surface area (Å²) in [6, 6.07) is 6.86. The molecule has 1 aliphatic rings. The Morgan fingerprint density at radius 2 is 2.13 bits per heavy atom. The summed E-state index contributed by atoms with van der Waals surface area (Å²) in [5.41, 5.74) is 0.873. The number of fused-ring (bicyclic) bond motifs is 1. The highest BCUT2D eigenvalue weighted by atomic mass is 79.9. The summed E-state index contributed by atoms with van der Waals surface area (Å²) in [5, 5.41) is 3.02. The van der Waals surface area contributed by atoms with Gasteiger partial charge in [-0.1, -0.05) is 12.1 Å². The van der Waals surface area contributed by atoms with Gasteiger partial charge in [0.05, 0.1) is 5.92 Å². The van der Waals surface area contributed by atoms with Gasteiger partial charge < -0.3 is 10.1 Å². The second kappa shape index (κ2) is 5.84. The third-order valence-corrected chi connectivity index (χ3v) is 3.84. The number of ketones is 1. The first-order chi connectivity index (χ1) is 10.8. The standard InChI is InChI=1S/C15H10BrF3N2O2/c16-9-5-11-12(7-21-14(11)20-6-9)13(22)8-2-1-3-10(4-8)23-15(17,18)19/h1-6,12H,7H2,(H,20,21). The van der Waals surface area contributed by atoms with Crippen LogP contribution >= 0.6 is 15.9 Å². The molecule has 2 aromatic rings. The molecule has 2 heterocycles. The molecule has 1 atom stereocenters. The Bertz CT molecular complexity index is 765. The number of benzene rings is 1. The van der Waals surface area contributed by atoms with Crippen LogP contribution in [0.25, 0.3) is 0 Å². The summed E-state index contributed by atoms with van der Waals surface area (Å²) in [7, 11) is 0. The Hall–Kier alpha value is -2.09. The van der Waals surface area contributed by atoms with Crippen molar-refractivity contribution in [2.24, 2.45) is 0 Å². The van der Waals surface area contributed by atoms with Crippen molar-refractivity contribution in [3.63, 3.8) is 0 Å². The van der Waals surface area contributed by atoms with Crippen molar-refractivity contribution in [3.8, 4) is 5.75 Å². The van der Waals surface area contributed by atoms with Crippen molar-refractivity contribution in [1.82, 2.24) is 4.98 Å². The van der Waals surface area contributed by atoms with Crippen LogP contribution in [0.2, 0.25) is 0 Å². The van der Waals surface area contributed by atoms with Crippen molar-refractivity contribution in [1.29, 1.82) is 0 Å². The average molecular weight is 387 g/mol. The Kier molecular flexibility index (Phi) is 4.01. The monoisotopic (exact) mass is 386 g/mol. The predicted octanol–water partition coefficient (Wildman–Crippen LogP) is 4.13. The molecule has 1 aliphatic heterocycles. The Morgan fingerprint density at radius 1 is 1.35 bits per heavy atom. The lowest BCUT2D eigenvalue weighted by molar-refractivity contribution is -0.274. The van der Waals surface area contributed by atoms with Gasteiger partial charge in [0.2, 0.25) is 0 Å². The normalized spacial score (nSPS) is 16.6. The van der Waals surface area contributed by atoms with Crippen LogP contribution in [0.3, 0.4) is 0 Å². The molecule has 0 saturated carbocycles. The molecule has 0 radical (unpaired) electrons. The van der Waals surface area contributed by atoms with E-state index in [1.54, 1.807) is 12.3 Å². The van der Waals surface area contributed by atoms with E-state index >= 15 is 0 Å². The number of Topliss-reactive ketones (excluding diaryl/α,β-unsaturated/α-hetero) is 1. The zero-order valence-electron chi connectivity index (χ0n) is 11.5. The van der Waals surface area contributed by atoms with Gasteiger partial charge in [-0.3, -0.25) is 4.79 Å². The fraction of sp³-hybridized carbons (Fsp3) is 0.200. The molecule has 8 heteroatoms. The molecule has 0 bridgehead atoms. The minimum atomic E-state index is -4.79. The number of carbonyl (C=O) groups excluding carboxylic acids is 1. The number of nitrogens with zero attached hydrogens (tertiary/aromatic N) is 1. The van der Waals surface area contributed by atoms with Crippen LogP contribution in [0.1, 0.15) is 21.8 Å². The first-order valence-electron chi connectivity index (χ1n) is 6.63. The zero-order valence-corrected chi connectivity index (χ0v) is 13.1. The summed E-state index contributed by atoms with van der Waals surface area (Å²) in [5.74, 6) is -0.601. The summed E-state index contributed by atoms with van der Waals surface area (Å²) < 4.78 is 41.4. The second-order valence-electron chi connectivity index (χ2n) is 4.96. The third-order valence-electron chi connectivity index (χ3n) is 3.40. The molecule has 0 spiro atoms. The van der Waals surface area contributed by atoms with Gasteiger partial charge in [0.25, 0.3) is 0 Å². The highest BCUT2D eigenvalue weighted by Crippen LogP contribution is 2.34. The van der Waals surface area contributed by atoms with E-state index in [2.05, 4.69) is 31.0 Å². The summed E-state index contributed by atoms with van der Waals surface area (Å²) in [6.45, 7) is 0.349. The molecule has 120 valence electrons. The van der Waals surface area contributed by atoms with Gasteiger partial charge in [-0.2, -0.15) is 0 Å². The molecule has 1 unspecified atom stereocenters. The molecule has 3 rings (SSSR count). The van der Waals surface area contributed by atoms with Gasteiger partial charge in [-0.25, -0.2) is 4.98 Å². The van der Waals surface area contributed by atoms with Crippen LogP contribution in [-0.2, 0) is 0 Å². The number of hydrogen-bond acceptors (Lipinski definition) is 4. The Balaban J connectivity index is 1.88. The summed E-state index contributed by atoms with van der Waals surface area (Å²) in [6.07, 6.45) is -3.19. The molecule has 1 aromatic heterocycles. The number of aromatic nitrogens is 1. The van der Waals surface area contributed by atoms with Crippen molar-refractivity contribution >= 4 is 27.5 Å². The Morgan fingerprint density at radius 3 is 2.87 bits per heavy atom. The van der Waals surface area contributed by atoms with Crippen LogP contribution in [0, 0.1) is 0 Å². The van der Waals surface area contributed by atoms with E-state index in [0.29, 0.717) is 17.9 Å². The maximum absolute atomic E-state index is 12.6. The Labute approximate surface area is 137 Å². The number of carbonyl (C=O) groups is 1. The molecule has 0 fully saturated rings. The van der Waals surface area contributed by atoms with E-state index in [9.17, 15) is 18.0 Å². The number of nitrogens with one attached hydrogen (secondary N) is 1. The van der Waals surface area contributed by atoms with Crippen LogP contribution < -0.4 is 10.1 Å². The fourth-order valence-electron chi connectivity index (χ4n) is 2.46. The molecule has 4 nitrogen and oxygen atoms in total. The molecule has 0 amide bonds. The zero-order chi connectivity index (χ0) is 16.6. The van der Waals surface area contributed by atoms with E-state index in [1.807, 2.05) is 0 Å². The number of ether oxygens (including phenoxy) is 1. The maximum Gasteiger partial charge on any atom is 0.573 e. The minimum absolute atomic E-state index is 0.159. The smallest absolute Gasteiger partial charge is 0.406 e. The number of alkyl halides is 3. The lowest BCUT2D eigenvalue weighted by atomic mass is 9.93. The summed E-state index contributed by atoms with van der Waals surface area (Å²) >= 11 is 3.30. The molecule has 1 aromatic carbocycles. The number of rotatable bonds is 3. The van der Waals surface area contributed by atoms with Gasteiger partial charge in [-0.05, 0) is 34.1 Å². The largest absolute Gasteiger partial charge is 0.573 e. The van der Waals surface area contributed by atoms with Crippen LogP contribution in [0.15, 0.2) is 41.0 Å². The lowest BCUT2D eigenvalue weighted by Gasteiger charge is -2.12. The van der Waals surface area contributed by atoms with Crippen LogP contribution in [0.5, 0.6) is 5.75 Å². The molecular weight excluding hydrogens is 377 g/mol. The quantitative estimate of drug-likeness (QED) is 0.805. The molecule has 0 saturated heterocycles. The molecule has 1 N–H and O–H groups in total. The van der Waals surface area contributed by atoms with Crippen molar-refractivity contribution < 1.29 is 22.7 Å². The van der Waals surface area contributed by atoms with E-state index in [4.69, 9.17) is 0 Å². The van der Waals surface area contributed by atoms with Gasteiger partial charge in [0, 0.05) is 28.3 Å². The van der Waals surface area contributed by atoms with Crippen molar-refractivity contribution in [2.75, 3.05) is 11.9 Å². The highest BCUT2D eigenvalue weighted by Gasteiger charge is 2.33. The summed E-state index contributed by atoms with van der Waals surface area (Å²) in [4.78, 5) is 16.8. The lowest BCUT2D eigenvalue weighted by Crippen LogP contribution is -2.18. The maximum atomic E-state index is 12.6. The average Bonchev–Trinajstić information content (AvgIpc) is 2.88. The first kappa shape index (κ1) is 15.8. The van der Waals surface area contributed by atoms with Gasteiger partial charge in [0.15, 0.2) is 5.78 Å². The van der Waals surface area contributed by atoms with E-state index in [0.717, 1.165) is 16.6 Å².